The summed E-state index contributed by atoms with van der Waals surface area (Å²) in [4.78, 5) is 15.4. The lowest BCUT2D eigenvalue weighted by atomic mass is 9.78. The van der Waals surface area contributed by atoms with Crippen LogP contribution in [-0.4, -0.2) is 44.7 Å². The molecular weight excluding hydrogens is 608 g/mol. The Balaban J connectivity index is 1.49. The van der Waals surface area contributed by atoms with Gasteiger partial charge in [0, 0.05) is 42.9 Å². The summed E-state index contributed by atoms with van der Waals surface area (Å²) in [7, 11) is -3.80. The summed E-state index contributed by atoms with van der Waals surface area (Å²) in [5, 5.41) is 5.62. The molecule has 2 N–H and O–H groups in total. The summed E-state index contributed by atoms with van der Waals surface area (Å²) in [6, 6.07) is 15.5. The van der Waals surface area contributed by atoms with Gasteiger partial charge in [0.05, 0.1) is 11.9 Å². The van der Waals surface area contributed by atoms with Crippen molar-refractivity contribution in [3.05, 3.63) is 94.0 Å². The van der Waals surface area contributed by atoms with Gasteiger partial charge in [-0.3, -0.25) is 4.90 Å². The number of rotatable bonds is 9. The molecule has 7 nitrogen and oxygen atoms in total. The Bertz CT molecular complexity index is 1610. The third-order valence-electron chi connectivity index (χ3n) is 8.23. The molecule has 10 heteroatoms. The average molecular weight is 656 g/mol. The van der Waals surface area contributed by atoms with Crippen molar-refractivity contribution in [2.45, 2.75) is 90.6 Å². The molecule has 2 amide bonds. The number of hydrogen-bond acceptors (Lipinski definition) is 5. The zero-order valence-corrected chi connectivity index (χ0v) is 28.8. The van der Waals surface area contributed by atoms with Crippen LogP contribution >= 0.6 is 0 Å². The first-order valence-electron chi connectivity index (χ1n) is 15.8. The van der Waals surface area contributed by atoms with E-state index in [-0.39, 0.29) is 18.2 Å². The highest BCUT2D eigenvalue weighted by Crippen LogP contribution is 2.41. The first kappa shape index (κ1) is 35.4. The number of likely N-dealkylation sites (tertiary alicyclic amines) is 1. The molecule has 0 unspecified atom stereocenters. The molecule has 0 saturated carbocycles. The van der Waals surface area contributed by atoms with E-state index in [9.17, 15) is 17.6 Å². The average Bonchev–Trinajstić information content (AvgIpc) is 2.93. The topological polar surface area (TPSA) is 87.7 Å². The minimum atomic E-state index is -3.80. The number of carbonyl (C=O) groups excluding carboxylic acids is 1. The molecule has 1 saturated heterocycles. The van der Waals surface area contributed by atoms with E-state index in [2.05, 4.69) is 27.7 Å². The number of aryl methyl sites for hydroxylation is 2. The van der Waals surface area contributed by atoms with Crippen molar-refractivity contribution in [1.82, 2.24) is 10.2 Å². The zero-order valence-electron chi connectivity index (χ0n) is 28.0. The maximum Gasteiger partial charge on any atom is 0.319 e. The number of carbonyl (C=O) groups is 1. The van der Waals surface area contributed by atoms with Gasteiger partial charge in [-0.2, -0.15) is 8.42 Å². The predicted octanol–water partition coefficient (Wildman–Crippen LogP) is 7.47. The van der Waals surface area contributed by atoms with E-state index in [0.717, 1.165) is 61.5 Å². The molecular formula is C36H47F2N3O4S. The third-order valence-corrected chi connectivity index (χ3v) is 8.70. The first-order chi connectivity index (χ1) is 21.4. The molecule has 0 atom stereocenters. The fourth-order valence-corrected chi connectivity index (χ4v) is 6.33. The maximum atomic E-state index is 15.1. The molecule has 1 aliphatic rings. The van der Waals surface area contributed by atoms with Gasteiger partial charge < -0.3 is 14.8 Å². The van der Waals surface area contributed by atoms with Crippen LogP contribution in [-0.2, 0) is 40.3 Å². The highest BCUT2D eigenvalue weighted by molar-refractivity contribution is 7.86. The van der Waals surface area contributed by atoms with Gasteiger partial charge in [-0.25, -0.2) is 13.6 Å². The Kier molecular flexibility index (Phi) is 10.8. The highest BCUT2D eigenvalue weighted by Gasteiger charge is 2.30. The van der Waals surface area contributed by atoms with E-state index in [1.165, 1.54) is 11.6 Å². The molecule has 0 aliphatic carbocycles. The molecule has 0 spiro atoms. The highest BCUT2D eigenvalue weighted by atomic mass is 32.2. The predicted molar refractivity (Wildman–Crippen MR) is 180 cm³/mol. The molecule has 1 heterocycles. The van der Waals surface area contributed by atoms with Gasteiger partial charge in [0.2, 0.25) is 0 Å². The molecule has 3 aromatic carbocycles. The fourth-order valence-electron chi connectivity index (χ4n) is 5.84. The van der Waals surface area contributed by atoms with Gasteiger partial charge in [-0.1, -0.05) is 84.0 Å². The van der Waals surface area contributed by atoms with Crippen LogP contribution in [0.4, 0.5) is 19.3 Å². The number of halogens is 2. The van der Waals surface area contributed by atoms with Crippen molar-refractivity contribution >= 4 is 21.8 Å². The van der Waals surface area contributed by atoms with Crippen LogP contribution in [0.2, 0.25) is 0 Å². The van der Waals surface area contributed by atoms with E-state index in [4.69, 9.17) is 4.18 Å². The molecule has 4 rings (SSSR count). The molecule has 0 bridgehead atoms. The number of piperidine rings is 1. The van der Waals surface area contributed by atoms with Crippen molar-refractivity contribution in [3.8, 4) is 5.75 Å². The molecule has 250 valence electrons. The smallest absolute Gasteiger partial charge is 0.319 e. The quantitative estimate of drug-likeness (QED) is 0.234. The van der Waals surface area contributed by atoms with Crippen molar-refractivity contribution in [1.29, 1.82) is 0 Å². The van der Waals surface area contributed by atoms with Crippen LogP contribution in [0.1, 0.15) is 82.2 Å². The van der Waals surface area contributed by atoms with Gasteiger partial charge in [0.25, 0.3) is 0 Å². The maximum absolute atomic E-state index is 15.1. The van der Waals surface area contributed by atoms with E-state index in [0.29, 0.717) is 17.7 Å². The standard InChI is InChI=1S/C36H47F2N3O4S/c1-35(2,3)29-19-25(20-30(36(4,5)6)33(29)45-46(7,43)44)13-14-26-21-27(37)22-31(38)32(26)40-34(42)39-28-15-17-41(18-16-28)23-24-11-9-8-10-12-24/h8-12,19-22,28H,13-18,23H2,1-7H3,(H2,39,40,42). The van der Waals surface area contributed by atoms with E-state index in [1.54, 1.807) is 0 Å². The number of benzene rings is 3. The Labute approximate surface area is 272 Å². The second-order valence-corrected chi connectivity index (χ2v) is 15.9. The van der Waals surface area contributed by atoms with Gasteiger partial charge in [-0.05, 0) is 59.3 Å². The largest absolute Gasteiger partial charge is 0.382 e. The minimum Gasteiger partial charge on any atom is -0.382 e. The van der Waals surface area contributed by atoms with E-state index >= 15 is 4.39 Å². The summed E-state index contributed by atoms with van der Waals surface area (Å²) in [5.74, 6) is -1.26. The number of hydrogen-bond donors (Lipinski definition) is 2. The number of urea groups is 1. The molecule has 0 radical (unpaired) electrons. The van der Waals surface area contributed by atoms with Crippen molar-refractivity contribution < 1.29 is 26.2 Å². The summed E-state index contributed by atoms with van der Waals surface area (Å²) < 4.78 is 59.5. The third kappa shape index (κ3) is 9.75. The molecule has 1 fully saturated rings. The molecule has 0 aromatic heterocycles. The lowest BCUT2D eigenvalue weighted by Crippen LogP contribution is -2.45. The van der Waals surface area contributed by atoms with Crippen LogP contribution in [0, 0.1) is 11.6 Å². The number of amides is 2. The Hall–Kier alpha value is -3.50. The van der Waals surface area contributed by atoms with Crippen molar-refractivity contribution in [2.75, 3.05) is 24.7 Å². The van der Waals surface area contributed by atoms with Crippen molar-refractivity contribution in [3.63, 3.8) is 0 Å². The van der Waals surface area contributed by atoms with Crippen LogP contribution < -0.4 is 14.8 Å². The molecule has 1 aliphatic heterocycles. The van der Waals surface area contributed by atoms with Crippen LogP contribution in [0.15, 0.2) is 54.6 Å². The molecule has 3 aromatic rings. The number of nitrogens with one attached hydrogen (secondary N) is 2. The van der Waals surface area contributed by atoms with Gasteiger partial charge in [-0.15, -0.1) is 0 Å². The van der Waals surface area contributed by atoms with E-state index in [1.807, 2.05) is 71.9 Å². The fraction of sp³-hybridized carbons (Fsp3) is 0.472. The first-order valence-corrected chi connectivity index (χ1v) is 17.6. The number of anilines is 1. The molecule has 46 heavy (non-hydrogen) atoms. The van der Waals surface area contributed by atoms with Gasteiger partial charge in [0.1, 0.15) is 17.4 Å². The number of nitrogens with zero attached hydrogens (tertiary/aromatic N) is 1. The van der Waals surface area contributed by atoms with Crippen molar-refractivity contribution in [2.24, 2.45) is 0 Å². The van der Waals surface area contributed by atoms with Gasteiger partial charge >= 0.3 is 16.1 Å². The lowest BCUT2D eigenvalue weighted by Gasteiger charge is -2.32. The van der Waals surface area contributed by atoms with Crippen LogP contribution in [0.25, 0.3) is 0 Å². The monoisotopic (exact) mass is 655 g/mol. The van der Waals surface area contributed by atoms with Crippen LogP contribution in [0.3, 0.4) is 0 Å². The summed E-state index contributed by atoms with van der Waals surface area (Å²) >= 11 is 0. The summed E-state index contributed by atoms with van der Waals surface area (Å²) in [6.07, 6.45) is 3.19. The lowest BCUT2D eigenvalue weighted by molar-refractivity contribution is 0.190. The van der Waals surface area contributed by atoms with E-state index < -0.39 is 38.6 Å². The van der Waals surface area contributed by atoms with Crippen LogP contribution in [0.5, 0.6) is 5.75 Å². The second-order valence-electron chi connectivity index (χ2n) is 14.4. The minimum absolute atomic E-state index is 0.0514. The van der Waals surface area contributed by atoms with Gasteiger partial charge in [0.15, 0.2) is 0 Å². The second kappa shape index (κ2) is 14.1. The Morgan fingerprint density at radius 2 is 1.48 bits per heavy atom. The Morgan fingerprint density at radius 1 is 0.891 bits per heavy atom. The SMILES string of the molecule is CC(C)(C)c1cc(CCc2cc(F)cc(F)c2NC(=O)NC2CCN(Cc3ccccc3)CC2)cc(C(C)(C)C)c1OS(C)(=O)=O. The zero-order chi connectivity index (χ0) is 33.9. The summed E-state index contributed by atoms with van der Waals surface area (Å²) in [6.45, 7) is 14.4. The summed E-state index contributed by atoms with van der Waals surface area (Å²) in [5.41, 5.74) is 2.91. The Morgan fingerprint density at radius 3 is 2.02 bits per heavy atom. The normalized spacial score (nSPS) is 15.1.